The number of anilines is 1. The second kappa shape index (κ2) is 8.99. The summed E-state index contributed by atoms with van der Waals surface area (Å²) in [4.78, 5) is 25.2. The summed E-state index contributed by atoms with van der Waals surface area (Å²) in [6.07, 6.45) is -1.18. The molecule has 2 aromatic heterocycles. The number of nitrogen functional groups attached to an aromatic ring is 1. The predicted octanol–water partition coefficient (Wildman–Crippen LogP) is 4.31. The Hall–Kier alpha value is -3.10. The third kappa shape index (κ3) is 4.87. The number of aromatic nitrogens is 3. The molecule has 0 spiro atoms. The molecule has 14 heteroatoms. The Morgan fingerprint density at radius 3 is 2.47 bits per heavy atom. The molecule has 0 atom stereocenters. The van der Waals surface area contributed by atoms with E-state index in [1.165, 1.54) is 29.7 Å². The third-order valence-electron chi connectivity index (χ3n) is 7.12. The Bertz CT molecular complexity index is 1530. The number of nitrogens with zero attached hydrogens (tertiary/aromatic N) is 3. The van der Waals surface area contributed by atoms with Crippen LogP contribution in [0.2, 0.25) is 0 Å². The lowest BCUT2D eigenvalue weighted by Crippen LogP contribution is -2.44. The quantitative estimate of drug-likeness (QED) is 0.421. The second-order valence-electron chi connectivity index (χ2n) is 9.84. The number of benzene rings is 1. The number of hydrogen-bond acceptors (Lipinski definition) is 9. The van der Waals surface area contributed by atoms with E-state index >= 15 is 0 Å². The summed E-state index contributed by atoms with van der Waals surface area (Å²) in [5.74, 6) is -2.03. The van der Waals surface area contributed by atoms with Gasteiger partial charge in [0.15, 0.2) is 5.82 Å². The zero-order chi connectivity index (χ0) is 27.5. The first kappa shape index (κ1) is 26.5. The molecular formula is C24H24F3N5O4S2. The number of hydrogen-bond donors (Lipinski definition) is 2. The zero-order valence-corrected chi connectivity index (χ0v) is 22.1. The molecule has 2 fully saturated rings. The van der Waals surface area contributed by atoms with Crippen molar-refractivity contribution < 1.29 is 31.1 Å². The first-order valence-electron chi connectivity index (χ1n) is 11.7. The predicted molar refractivity (Wildman–Crippen MR) is 133 cm³/mol. The van der Waals surface area contributed by atoms with Gasteiger partial charge in [0.25, 0.3) is 0 Å². The number of ether oxygens (including phenoxy) is 1. The lowest BCUT2D eigenvalue weighted by molar-refractivity contribution is -0.213. The molecule has 2 saturated carbocycles. The third-order valence-corrected chi connectivity index (χ3v) is 9.62. The van der Waals surface area contributed by atoms with Crippen molar-refractivity contribution in [2.24, 2.45) is 0 Å². The molecule has 9 nitrogen and oxygen atoms in total. The van der Waals surface area contributed by atoms with Crippen LogP contribution in [0.3, 0.4) is 0 Å². The summed E-state index contributed by atoms with van der Waals surface area (Å²) in [6, 6.07) is 4.59. The number of halogens is 3. The maximum Gasteiger partial charge on any atom is 0.490 e. The minimum absolute atomic E-state index is 0.0131. The molecule has 0 aliphatic heterocycles. The van der Waals surface area contributed by atoms with E-state index in [1.54, 1.807) is 12.3 Å². The van der Waals surface area contributed by atoms with Crippen LogP contribution in [0.15, 0.2) is 35.5 Å². The minimum atomic E-state index is -5.11. The molecule has 0 amide bonds. The van der Waals surface area contributed by atoms with Crippen molar-refractivity contribution in [3.05, 3.63) is 41.2 Å². The van der Waals surface area contributed by atoms with Crippen LogP contribution in [0.5, 0.6) is 0 Å². The lowest BCUT2D eigenvalue weighted by Gasteiger charge is -2.28. The van der Waals surface area contributed by atoms with Crippen molar-refractivity contribution in [3.8, 4) is 21.8 Å². The van der Waals surface area contributed by atoms with Gasteiger partial charge in [-0.3, -0.25) is 0 Å². The summed E-state index contributed by atoms with van der Waals surface area (Å²) in [5, 5.41) is 0.831. The molecule has 38 heavy (non-hydrogen) atoms. The zero-order valence-electron chi connectivity index (χ0n) is 20.4. The molecule has 0 unspecified atom stereocenters. The molecule has 1 aromatic carbocycles. The van der Waals surface area contributed by atoms with Gasteiger partial charge in [0.05, 0.1) is 26.7 Å². The van der Waals surface area contributed by atoms with Crippen LogP contribution >= 0.6 is 11.3 Å². The number of nitrogens with two attached hydrogens (primary N) is 1. The van der Waals surface area contributed by atoms with Gasteiger partial charge in [0, 0.05) is 23.7 Å². The molecule has 202 valence electrons. The Balaban J connectivity index is 1.41. The number of rotatable bonds is 6. The number of alkyl halides is 3. The van der Waals surface area contributed by atoms with Crippen LogP contribution in [0.25, 0.3) is 21.8 Å². The van der Waals surface area contributed by atoms with Crippen LogP contribution in [-0.4, -0.2) is 46.7 Å². The molecule has 5 rings (SSSR count). The van der Waals surface area contributed by atoms with E-state index < -0.39 is 33.3 Å². The summed E-state index contributed by atoms with van der Waals surface area (Å²) >= 11 is 1.41. The van der Waals surface area contributed by atoms with Gasteiger partial charge in [-0.1, -0.05) is 6.07 Å². The molecule has 0 radical (unpaired) electrons. The monoisotopic (exact) mass is 567 g/mol. The van der Waals surface area contributed by atoms with Crippen molar-refractivity contribution in [1.82, 2.24) is 19.7 Å². The molecule has 3 N–H and O–H groups in total. The van der Waals surface area contributed by atoms with E-state index in [2.05, 4.69) is 19.7 Å². The number of thiazole rings is 1. The highest BCUT2D eigenvalue weighted by Gasteiger charge is 2.60. The Kier molecular flexibility index (Phi) is 6.27. The first-order chi connectivity index (χ1) is 17.7. The summed E-state index contributed by atoms with van der Waals surface area (Å²) < 4.78 is 72.7. The summed E-state index contributed by atoms with van der Waals surface area (Å²) in [7, 11) is -4.08. The normalized spacial score (nSPS) is 23.1. The second-order valence-corrected chi connectivity index (χ2v) is 12.8. The smallest absolute Gasteiger partial charge is 0.452 e. The van der Waals surface area contributed by atoms with Crippen LogP contribution in [0, 0.1) is 13.8 Å². The molecule has 0 saturated heterocycles. The van der Waals surface area contributed by atoms with Crippen molar-refractivity contribution in [1.29, 1.82) is 0 Å². The number of fused-ring (bicyclic) bond motifs is 2. The summed E-state index contributed by atoms with van der Waals surface area (Å²) in [6.45, 7) is 3.66. The SMILES string of the molecule is Cc1ncc(-c2nc(-c3cc(S(=O)(=O)NC45CCC(OC(=O)C(F)(F)F)(CC4)C5)ccc3C)cnc2N)s1. The number of carbonyl (C=O) groups is 1. The van der Waals surface area contributed by atoms with E-state index in [-0.39, 0.29) is 42.8 Å². The number of nitrogens with one attached hydrogen (secondary N) is 1. The van der Waals surface area contributed by atoms with Crippen LogP contribution in [-0.2, 0) is 19.6 Å². The average molecular weight is 568 g/mol. The van der Waals surface area contributed by atoms with E-state index in [0.717, 1.165) is 15.4 Å². The molecular weight excluding hydrogens is 543 g/mol. The van der Waals surface area contributed by atoms with Gasteiger partial charge in [-0.2, -0.15) is 13.2 Å². The van der Waals surface area contributed by atoms with Crippen molar-refractivity contribution in [3.63, 3.8) is 0 Å². The standard InChI is InChI=1S/C24H24F3N5O4S2/c1-13-3-4-15(9-16(13)17-10-30-20(28)19(31-17)18-11-29-14(2)37-18)38(34,35)32-22-5-7-23(12-22,8-6-22)36-21(33)24(25,26)27/h3-4,9-11,32H,5-8,12H2,1-2H3,(H2,28,30). The molecule has 3 aromatic rings. The lowest BCUT2D eigenvalue weighted by atomic mass is 9.93. The number of aryl methyl sites for hydroxylation is 2. The van der Waals surface area contributed by atoms with Crippen molar-refractivity contribution in [2.75, 3.05) is 5.73 Å². The largest absolute Gasteiger partial charge is 0.490 e. The van der Waals surface area contributed by atoms with Gasteiger partial charge >= 0.3 is 12.1 Å². The van der Waals surface area contributed by atoms with E-state index in [9.17, 15) is 26.4 Å². The maximum absolute atomic E-state index is 13.4. The summed E-state index contributed by atoms with van der Waals surface area (Å²) in [5.41, 5.74) is 5.89. The fourth-order valence-electron chi connectivity index (χ4n) is 5.25. The molecule has 2 aliphatic rings. The fraction of sp³-hybridized carbons (Fsp3) is 0.417. The highest BCUT2D eigenvalue weighted by molar-refractivity contribution is 7.89. The average Bonchev–Trinajstić information content (AvgIpc) is 3.51. The van der Waals surface area contributed by atoms with Gasteiger partial charge in [-0.25, -0.2) is 32.9 Å². The molecule has 2 bridgehead atoms. The Labute approximate surface area is 220 Å². The number of sulfonamides is 1. The Morgan fingerprint density at radius 1 is 1.13 bits per heavy atom. The van der Waals surface area contributed by atoms with Gasteiger partial charge in [-0.15, -0.1) is 11.3 Å². The minimum Gasteiger partial charge on any atom is -0.452 e. The molecule has 2 heterocycles. The fourth-order valence-corrected chi connectivity index (χ4v) is 7.51. The Morgan fingerprint density at radius 2 is 1.84 bits per heavy atom. The van der Waals surface area contributed by atoms with Gasteiger partial charge in [-0.05, 0) is 57.2 Å². The van der Waals surface area contributed by atoms with Gasteiger partial charge in [0.1, 0.15) is 11.3 Å². The van der Waals surface area contributed by atoms with Gasteiger partial charge in [0.2, 0.25) is 10.0 Å². The van der Waals surface area contributed by atoms with Crippen LogP contribution in [0.4, 0.5) is 19.0 Å². The highest BCUT2D eigenvalue weighted by Crippen LogP contribution is 2.53. The maximum atomic E-state index is 13.4. The highest BCUT2D eigenvalue weighted by atomic mass is 32.2. The number of carbonyl (C=O) groups excluding carboxylic acids is 1. The van der Waals surface area contributed by atoms with Crippen LogP contribution < -0.4 is 10.5 Å². The van der Waals surface area contributed by atoms with Crippen molar-refractivity contribution >= 4 is 33.1 Å². The van der Waals surface area contributed by atoms with E-state index in [4.69, 9.17) is 10.5 Å². The number of esters is 1. The topological polar surface area (TPSA) is 137 Å². The van der Waals surface area contributed by atoms with Crippen LogP contribution in [0.1, 0.15) is 42.7 Å². The first-order valence-corrected chi connectivity index (χ1v) is 14.0. The molecule has 2 aliphatic carbocycles. The van der Waals surface area contributed by atoms with E-state index in [1.807, 2.05) is 13.8 Å². The van der Waals surface area contributed by atoms with Gasteiger partial charge < -0.3 is 10.5 Å². The van der Waals surface area contributed by atoms with Crippen molar-refractivity contribution in [2.45, 2.75) is 68.2 Å². The van der Waals surface area contributed by atoms with E-state index in [0.29, 0.717) is 17.0 Å².